The van der Waals surface area contributed by atoms with Gasteiger partial charge in [-0.3, -0.25) is 4.57 Å². The highest BCUT2D eigenvalue weighted by Gasteiger charge is 2.24. The zero-order chi connectivity index (χ0) is 18.8. The lowest BCUT2D eigenvalue weighted by molar-refractivity contribution is 0.508. The highest BCUT2D eigenvalue weighted by molar-refractivity contribution is 7.98. The van der Waals surface area contributed by atoms with Crippen molar-refractivity contribution in [3.63, 3.8) is 0 Å². The standard InChI is InChI=1S/C21H22FN3S2/c1-3-10-25-20(17-13-26-19-11-14(2)8-9-16(17)19)23-24-21(25)27-12-15-6-4-5-7-18(15)22/h3-7,13-14H,1,8-12H2,2H3/t14-/m0/s1. The summed E-state index contributed by atoms with van der Waals surface area (Å²) in [5, 5.41) is 11.9. The van der Waals surface area contributed by atoms with Crippen LogP contribution < -0.4 is 0 Å². The van der Waals surface area contributed by atoms with Gasteiger partial charge >= 0.3 is 0 Å². The number of rotatable bonds is 6. The molecule has 6 heteroatoms. The first-order chi connectivity index (χ1) is 13.2. The van der Waals surface area contributed by atoms with Crippen molar-refractivity contribution in [2.45, 2.75) is 43.6 Å². The monoisotopic (exact) mass is 399 g/mol. The Hall–Kier alpha value is -1.92. The lowest BCUT2D eigenvalue weighted by Gasteiger charge is -2.19. The summed E-state index contributed by atoms with van der Waals surface area (Å²) in [6, 6.07) is 6.88. The predicted molar refractivity (Wildman–Crippen MR) is 111 cm³/mol. The summed E-state index contributed by atoms with van der Waals surface area (Å²) in [6.07, 6.45) is 5.35. The normalized spacial score (nSPS) is 16.3. The fraction of sp³-hybridized carbons (Fsp3) is 0.333. The van der Waals surface area contributed by atoms with E-state index in [9.17, 15) is 4.39 Å². The van der Waals surface area contributed by atoms with Gasteiger partial charge in [0.15, 0.2) is 11.0 Å². The molecule has 27 heavy (non-hydrogen) atoms. The molecule has 0 unspecified atom stereocenters. The Morgan fingerprint density at radius 3 is 3.04 bits per heavy atom. The van der Waals surface area contributed by atoms with Crippen LogP contribution in [0.4, 0.5) is 4.39 Å². The van der Waals surface area contributed by atoms with Crippen molar-refractivity contribution in [1.29, 1.82) is 0 Å². The van der Waals surface area contributed by atoms with Crippen LogP contribution in [-0.4, -0.2) is 14.8 Å². The van der Waals surface area contributed by atoms with Crippen LogP contribution in [0.3, 0.4) is 0 Å². The van der Waals surface area contributed by atoms with Crippen LogP contribution >= 0.6 is 23.1 Å². The van der Waals surface area contributed by atoms with E-state index in [-0.39, 0.29) is 5.82 Å². The van der Waals surface area contributed by atoms with Crippen LogP contribution in [0.25, 0.3) is 11.4 Å². The molecule has 140 valence electrons. The topological polar surface area (TPSA) is 30.7 Å². The third kappa shape index (κ3) is 3.73. The molecule has 0 bridgehead atoms. The molecule has 0 saturated carbocycles. The van der Waals surface area contributed by atoms with Gasteiger partial charge in [0.25, 0.3) is 0 Å². The molecule has 2 heterocycles. The lowest BCUT2D eigenvalue weighted by atomic mass is 9.88. The van der Waals surface area contributed by atoms with E-state index >= 15 is 0 Å². The molecule has 1 aliphatic carbocycles. The maximum Gasteiger partial charge on any atom is 0.192 e. The molecule has 0 spiro atoms. The minimum Gasteiger partial charge on any atom is -0.298 e. The van der Waals surface area contributed by atoms with Gasteiger partial charge in [-0.15, -0.1) is 28.1 Å². The van der Waals surface area contributed by atoms with Gasteiger partial charge in [0.05, 0.1) is 0 Å². The van der Waals surface area contributed by atoms with Crippen molar-refractivity contribution in [3.8, 4) is 11.4 Å². The van der Waals surface area contributed by atoms with Crippen LogP contribution in [0.2, 0.25) is 0 Å². The van der Waals surface area contributed by atoms with Gasteiger partial charge in [0.1, 0.15) is 5.82 Å². The van der Waals surface area contributed by atoms with E-state index in [1.165, 1.54) is 40.3 Å². The third-order valence-corrected chi connectivity index (χ3v) is 7.05. The van der Waals surface area contributed by atoms with E-state index in [0.717, 1.165) is 29.7 Å². The number of fused-ring (bicyclic) bond motifs is 1. The predicted octanol–water partition coefficient (Wildman–Crippen LogP) is 5.75. The van der Waals surface area contributed by atoms with Crippen molar-refractivity contribution in [2.75, 3.05) is 0 Å². The molecular weight excluding hydrogens is 377 g/mol. The first-order valence-corrected chi connectivity index (χ1v) is 11.0. The zero-order valence-corrected chi connectivity index (χ0v) is 17.0. The fourth-order valence-electron chi connectivity index (χ4n) is 3.51. The zero-order valence-electron chi connectivity index (χ0n) is 15.3. The molecule has 1 aromatic carbocycles. The number of benzene rings is 1. The molecule has 0 saturated heterocycles. The Kier molecular flexibility index (Phi) is 5.45. The van der Waals surface area contributed by atoms with Crippen molar-refractivity contribution in [2.24, 2.45) is 5.92 Å². The van der Waals surface area contributed by atoms with Gasteiger partial charge in [-0.05, 0) is 42.4 Å². The van der Waals surface area contributed by atoms with E-state index < -0.39 is 0 Å². The summed E-state index contributed by atoms with van der Waals surface area (Å²) in [6.45, 7) is 6.85. The maximum absolute atomic E-state index is 13.9. The van der Waals surface area contributed by atoms with Crippen LogP contribution in [0.1, 0.15) is 29.3 Å². The van der Waals surface area contributed by atoms with E-state index in [1.807, 2.05) is 29.5 Å². The van der Waals surface area contributed by atoms with E-state index in [1.54, 1.807) is 6.07 Å². The summed E-state index contributed by atoms with van der Waals surface area (Å²) in [5.74, 6) is 2.00. The summed E-state index contributed by atoms with van der Waals surface area (Å²) in [7, 11) is 0. The molecule has 0 amide bonds. The second kappa shape index (κ2) is 7.98. The Labute approximate surface area is 167 Å². The number of aromatic nitrogens is 3. The SMILES string of the molecule is C=CCn1c(SCc2ccccc2F)nnc1-c1csc2c1CC[C@H](C)C2. The Bertz CT molecular complexity index is 960. The minimum atomic E-state index is -0.180. The Balaban J connectivity index is 1.63. The minimum absolute atomic E-state index is 0.180. The highest BCUT2D eigenvalue weighted by Crippen LogP contribution is 2.38. The van der Waals surface area contributed by atoms with Crippen LogP contribution in [0.15, 0.2) is 47.5 Å². The number of halogens is 1. The number of hydrogen-bond donors (Lipinski definition) is 0. The van der Waals surface area contributed by atoms with Crippen LogP contribution in [0.5, 0.6) is 0 Å². The smallest absolute Gasteiger partial charge is 0.192 e. The van der Waals surface area contributed by atoms with Crippen LogP contribution in [-0.2, 0) is 25.1 Å². The van der Waals surface area contributed by atoms with Gasteiger partial charge in [-0.1, -0.05) is 43.0 Å². The van der Waals surface area contributed by atoms with Crippen molar-refractivity contribution in [3.05, 3.63) is 64.1 Å². The molecule has 0 fully saturated rings. The van der Waals surface area contributed by atoms with Gasteiger partial charge in [0, 0.05) is 28.1 Å². The molecule has 3 nitrogen and oxygen atoms in total. The number of thiophene rings is 1. The first kappa shape index (κ1) is 18.4. The average Bonchev–Trinajstić information content (AvgIpc) is 3.25. The van der Waals surface area contributed by atoms with Crippen molar-refractivity contribution < 1.29 is 4.39 Å². The number of nitrogens with zero attached hydrogens (tertiary/aromatic N) is 3. The number of thioether (sulfide) groups is 1. The quantitative estimate of drug-likeness (QED) is 0.391. The van der Waals surface area contributed by atoms with Crippen molar-refractivity contribution >= 4 is 23.1 Å². The second-order valence-corrected chi connectivity index (χ2v) is 8.89. The van der Waals surface area contributed by atoms with Crippen LogP contribution in [0, 0.1) is 11.7 Å². The molecular formula is C21H22FN3S2. The number of allylic oxidation sites excluding steroid dienone is 1. The van der Waals surface area contributed by atoms with Gasteiger partial charge < -0.3 is 0 Å². The first-order valence-electron chi connectivity index (χ1n) is 9.17. The lowest BCUT2D eigenvalue weighted by Crippen LogP contribution is -2.10. The Morgan fingerprint density at radius 2 is 2.22 bits per heavy atom. The summed E-state index contributed by atoms with van der Waals surface area (Å²) < 4.78 is 16.0. The summed E-state index contributed by atoms with van der Waals surface area (Å²) in [4.78, 5) is 1.48. The number of hydrogen-bond acceptors (Lipinski definition) is 4. The molecule has 0 N–H and O–H groups in total. The molecule has 4 rings (SSSR count). The Morgan fingerprint density at radius 1 is 1.37 bits per heavy atom. The van der Waals surface area contributed by atoms with E-state index in [4.69, 9.17) is 0 Å². The third-order valence-electron chi connectivity index (χ3n) is 4.99. The fourth-order valence-corrected chi connectivity index (χ4v) is 5.69. The molecule has 2 aromatic heterocycles. The molecule has 1 atom stereocenters. The molecule has 3 aromatic rings. The van der Waals surface area contributed by atoms with Gasteiger partial charge in [-0.2, -0.15) is 0 Å². The van der Waals surface area contributed by atoms with Gasteiger partial charge in [0.2, 0.25) is 0 Å². The summed E-state index contributed by atoms with van der Waals surface area (Å²) >= 11 is 3.35. The largest absolute Gasteiger partial charge is 0.298 e. The maximum atomic E-state index is 13.9. The summed E-state index contributed by atoms with van der Waals surface area (Å²) in [5.41, 5.74) is 3.31. The second-order valence-electron chi connectivity index (χ2n) is 6.98. The van der Waals surface area contributed by atoms with Crippen molar-refractivity contribution in [1.82, 2.24) is 14.8 Å². The molecule has 1 aliphatic rings. The van der Waals surface area contributed by atoms with E-state index in [2.05, 4.69) is 33.6 Å². The highest BCUT2D eigenvalue weighted by atomic mass is 32.2. The molecule has 0 aliphatic heterocycles. The van der Waals surface area contributed by atoms with Gasteiger partial charge in [-0.25, -0.2) is 4.39 Å². The average molecular weight is 400 g/mol. The van der Waals surface area contributed by atoms with E-state index in [0.29, 0.717) is 17.9 Å². The molecule has 0 radical (unpaired) electrons.